The highest BCUT2D eigenvalue weighted by Crippen LogP contribution is 2.33. The molecule has 1 heterocycles. The fourth-order valence-electron chi connectivity index (χ4n) is 3.19. The third kappa shape index (κ3) is 4.71. The summed E-state index contributed by atoms with van der Waals surface area (Å²) in [6.07, 6.45) is -4.51. The predicted molar refractivity (Wildman–Crippen MR) is 123 cm³/mol. The van der Waals surface area contributed by atoms with Gasteiger partial charge in [-0.15, -0.1) is 11.3 Å². The molecule has 0 saturated heterocycles. The van der Waals surface area contributed by atoms with Crippen LogP contribution in [0.4, 0.5) is 24.5 Å². The van der Waals surface area contributed by atoms with Gasteiger partial charge in [-0.25, -0.2) is 8.42 Å². The van der Waals surface area contributed by atoms with Crippen LogP contribution in [-0.2, 0) is 16.2 Å². The molecule has 4 aromatic rings. The minimum atomic E-state index is -4.51. The number of thiophene rings is 1. The first kappa shape index (κ1) is 22.8. The van der Waals surface area contributed by atoms with Crippen LogP contribution >= 0.6 is 11.3 Å². The first-order valence-corrected chi connectivity index (χ1v) is 11.9. The highest BCUT2D eigenvalue weighted by atomic mass is 32.2. The number of hydrogen-bond donors (Lipinski definition) is 1. The van der Waals surface area contributed by atoms with Gasteiger partial charge in [0.25, 0.3) is 15.9 Å². The molecule has 1 N–H and O–H groups in total. The molecule has 0 atom stereocenters. The molecule has 0 fully saturated rings. The second-order valence-electron chi connectivity index (χ2n) is 7.15. The van der Waals surface area contributed by atoms with Crippen LogP contribution in [-0.4, -0.2) is 21.4 Å². The Kier molecular flexibility index (Phi) is 5.89. The summed E-state index contributed by atoms with van der Waals surface area (Å²) < 4.78 is 66.3. The molecule has 33 heavy (non-hydrogen) atoms. The molecule has 0 unspecified atom stereocenters. The Balaban J connectivity index is 1.59. The Hall–Kier alpha value is -3.37. The predicted octanol–water partition coefficient (Wildman–Crippen LogP) is 6.00. The van der Waals surface area contributed by atoms with E-state index in [0.717, 1.165) is 32.5 Å². The molecule has 0 aliphatic heterocycles. The van der Waals surface area contributed by atoms with Crippen molar-refractivity contribution in [1.82, 2.24) is 0 Å². The zero-order valence-electron chi connectivity index (χ0n) is 17.1. The van der Waals surface area contributed by atoms with Gasteiger partial charge in [-0.05, 0) is 60.0 Å². The van der Waals surface area contributed by atoms with E-state index in [0.29, 0.717) is 11.1 Å². The second kappa shape index (κ2) is 8.53. The summed E-state index contributed by atoms with van der Waals surface area (Å²) in [5.41, 5.74) is -0.417. The van der Waals surface area contributed by atoms with Gasteiger partial charge in [0.2, 0.25) is 0 Å². The number of halogens is 3. The molecule has 0 aliphatic carbocycles. The maximum Gasteiger partial charge on any atom is 0.416 e. The summed E-state index contributed by atoms with van der Waals surface area (Å²) >= 11 is 1.16. The Morgan fingerprint density at radius 2 is 1.67 bits per heavy atom. The van der Waals surface area contributed by atoms with Crippen molar-refractivity contribution >= 4 is 48.7 Å². The molecule has 0 bridgehead atoms. The molecule has 4 rings (SSSR count). The number of rotatable bonds is 5. The summed E-state index contributed by atoms with van der Waals surface area (Å²) in [5, 5.41) is 3.12. The lowest BCUT2D eigenvalue weighted by molar-refractivity contribution is -0.137. The molecule has 5 nitrogen and oxygen atoms in total. The summed E-state index contributed by atoms with van der Waals surface area (Å²) in [5.74, 6) is -0.553. The minimum absolute atomic E-state index is 0.0293. The zero-order valence-corrected chi connectivity index (χ0v) is 18.8. The van der Waals surface area contributed by atoms with Gasteiger partial charge in [-0.3, -0.25) is 9.10 Å². The SMILES string of the molecule is CN(c1ccc2sc(C(=O)Nc3cccc(C(F)(F)F)c3)cc2c1)S(=O)(=O)c1ccccc1. The van der Waals surface area contributed by atoms with Crippen molar-refractivity contribution in [3.8, 4) is 0 Å². The van der Waals surface area contributed by atoms with Crippen LogP contribution < -0.4 is 9.62 Å². The van der Waals surface area contributed by atoms with Crippen molar-refractivity contribution in [2.45, 2.75) is 11.1 Å². The molecule has 3 aromatic carbocycles. The van der Waals surface area contributed by atoms with Gasteiger partial charge < -0.3 is 5.32 Å². The fourth-order valence-corrected chi connectivity index (χ4v) is 5.34. The number of amides is 1. The van der Waals surface area contributed by atoms with E-state index in [9.17, 15) is 26.4 Å². The molecule has 0 spiro atoms. The van der Waals surface area contributed by atoms with Crippen LogP contribution in [0.3, 0.4) is 0 Å². The first-order chi connectivity index (χ1) is 15.6. The van der Waals surface area contributed by atoms with Crippen molar-refractivity contribution in [3.05, 3.63) is 89.3 Å². The van der Waals surface area contributed by atoms with Gasteiger partial charge in [0.15, 0.2) is 0 Å². The highest BCUT2D eigenvalue weighted by Gasteiger charge is 2.30. The number of nitrogens with one attached hydrogen (secondary N) is 1. The van der Waals surface area contributed by atoms with Crippen molar-refractivity contribution in [1.29, 1.82) is 0 Å². The number of carbonyl (C=O) groups is 1. The van der Waals surface area contributed by atoms with Crippen molar-refractivity contribution < 1.29 is 26.4 Å². The number of fused-ring (bicyclic) bond motifs is 1. The van der Waals surface area contributed by atoms with Crippen molar-refractivity contribution in [2.75, 3.05) is 16.7 Å². The lowest BCUT2D eigenvalue weighted by Crippen LogP contribution is -2.26. The van der Waals surface area contributed by atoms with Gasteiger partial charge in [0.05, 0.1) is 21.0 Å². The molecule has 0 aliphatic rings. The summed E-state index contributed by atoms with van der Waals surface area (Å²) in [6.45, 7) is 0. The molecule has 170 valence electrons. The zero-order chi connectivity index (χ0) is 23.8. The average molecular weight is 491 g/mol. The van der Waals surface area contributed by atoms with E-state index >= 15 is 0 Å². The standard InChI is InChI=1S/C23H17F3N2O3S2/c1-28(33(30,31)19-8-3-2-4-9-19)18-10-11-20-15(12-18)13-21(32-20)22(29)27-17-7-5-6-16(14-17)23(24,25)26/h2-14H,1H3,(H,27,29). The van der Waals surface area contributed by atoms with E-state index in [1.807, 2.05) is 0 Å². The molecular weight excluding hydrogens is 473 g/mol. The maximum absolute atomic E-state index is 12.9. The quantitative estimate of drug-likeness (QED) is 0.373. The van der Waals surface area contributed by atoms with E-state index in [4.69, 9.17) is 0 Å². The topological polar surface area (TPSA) is 66.5 Å². The minimum Gasteiger partial charge on any atom is -0.321 e. The molecule has 0 radical (unpaired) electrons. The summed E-state index contributed by atoms with van der Waals surface area (Å²) in [4.78, 5) is 13.1. The largest absolute Gasteiger partial charge is 0.416 e. The third-order valence-corrected chi connectivity index (χ3v) is 7.85. The first-order valence-electron chi connectivity index (χ1n) is 9.62. The molecule has 1 amide bonds. The van der Waals surface area contributed by atoms with Crippen LogP contribution in [0.15, 0.2) is 83.8 Å². The van der Waals surface area contributed by atoms with Gasteiger partial charge in [0.1, 0.15) is 0 Å². The van der Waals surface area contributed by atoms with Crippen molar-refractivity contribution in [2.24, 2.45) is 0 Å². The number of alkyl halides is 3. The summed E-state index contributed by atoms with van der Waals surface area (Å²) in [6, 6.07) is 19.0. The average Bonchev–Trinajstić information content (AvgIpc) is 3.22. The number of anilines is 2. The maximum atomic E-state index is 12.9. The van der Waals surface area contributed by atoms with Crippen LogP contribution in [0.25, 0.3) is 10.1 Å². The van der Waals surface area contributed by atoms with Crippen molar-refractivity contribution in [3.63, 3.8) is 0 Å². The number of carbonyl (C=O) groups excluding carboxylic acids is 1. The van der Waals surface area contributed by atoms with Crippen LogP contribution in [0, 0.1) is 0 Å². The molecule has 1 aromatic heterocycles. The van der Waals surface area contributed by atoms with E-state index in [2.05, 4.69) is 5.32 Å². The highest BCUT2D eigenvalue weighted by molar-refractivity contribution is 7.92. The third-order valence-electron chi connectivity index (χ3n) is 4.94. The number of hydrogen-bond acceptors (Lipinski definition) is 4. The number of sulfonamides is 1. The normalized spacial score (nSPS) is 12.0. The van der Waals surface area contributed by atoms with E-state index < -0.39 is 27.7 Å². The second-order valence-corrected chi connectivity index (χ2v) is 10.2. The van der Waals surface area contributed by atoms with E-state index in [-0.39, 0.29) is 15.5 Å². The van der Waals surface area contributed by atoms with Gasteiger partial charge >= 0.3 is 6.18 Å². The Labute approximate surface area is 192 Å². The van der Waals surface area contributed by atoms with Crippen LogP contribution in [0.2, 0.25) is 0 Å². The van der Waals surface area contributed by atoms with Crippen LogP contribution in [0.5, 0.6) is 0 Å². The lowest BCUT2D eigenvalue weighted by Gasteiger charge is -2.19. The van der Waals surface area contributed by atoms with E-state index in [1.54, 1.807) is 42.5 Å². The number of benzene rings is 3. The smallest absolute Gasteiger partial charge is 0.321 e. The summed E-state index contributed by atoms with van der Waals surface area (Å²) in [7, 11) is -2.32. The lowest BCUT2D eigenvalue weighted by atomic mass is 10.2. The van der Waals surface area contributed by atoms with E-state index in [1.165, 1.54) is 31.3 Å². The Morgan fingerprint density at radius 3 is 2.36 bits per heavy atom. The van der Waals surface area contributed by atoms with Crippen LogP contribution in [0.1, 0.15) is 15.2 Å². The molecular formula is C23H17F3N2O3S2. The van der Waals surface area contributed by atoms with Gasteiger partial charge in [-0.1, -0.05) is 24.3 Å². The fraction of sp³-hybridized carbons (Fsp3) is 0.0870. The number of nitrogens with zero attached hydrogens (tertiary/aromatic N) is 1. The molecule has 0 saturated carbocycles. The molecule has 10 heteroatoms. The Morgan fingerprint density at radius 1 is 0.939 bits per heavy atom. The monoisotopic (exact) mass is 490 g/mol. The Bertz CT molecular complexity index is 1430. The van der Waals surface area contributed by atoms with Gasteiger partial charge in [0, 0.05) is 17.4 Å². The van der Waals surface area contributed by atoms with Gasteiger partial charge in [-0.2, -0.15) is 13.2 Å².